The summed E-state index contributed by atoms with van der Waals surface area (Å²) in [6, 6.07) is 16.6. The molecular weight excluding hydrogens is 378 g/mol. The number of carbonyl (C=O) groups is 2. The van der Waals surface area contributed by atoms with Crippen molar-refractivity contribution in [2.45, 2.75) is 13.8 Å². The molecule has 0 saturated heterocycles. The fraction of sp³-hybridized carbons (Fsp3) is 0.182. The molecule has 3 aromatic carbocycles. The third-order valence-corrected chi connectivity index (χ3v) is 4.62. The van der Waals surface area contributed by atoms with Crippen molar-refractivity contribution in [2.75, 3.05) is 18.5 Å². The summed E-state index contributed by atoms with van der Waals surface area (Å²) >= 11 is 6.17. The molecule has 5 nitrogen and oxygen atoms in total. The Morgan fingerprint density at radius 3 is 2.29 bits per heavy atom. The van der Waals surface area contributed by atoms with Gasteiger partial charge in [0.2, 0.25) is 0 Å². The number of anilines is 1. The van der Waals surface area contributed by atoms with Crippen molar-refractivity contribution in [3.63, 3.8) is 0 Å². The highest BCUT2D eigenvalue weighted by molar-refractivity contribution is 6.35. The molecule has 1 N–H and O–H groups in total. The first-order chi connectivity index (χ1) is 13.5. The van der Waals surface area contributed by atoms with Crippen LogP contribution in [0.2, 0.25) is 5.02 Å². The summed E-state index contributed by atoms with van der Waals surface area (Å²) in [5, 5.41) is 5.01. The Morgan fingerprint density at radius 1 is 0.893 bits per heavy atom. The van der Waals surface area contributed by atoms with Gasteiger partial charge in [-0.15, -0.1) is 0 Å². The Morgan fingerprint density at radius 2 is 1.57 bits per heavy atom. The highest BCUT2D eigenvalue weighted by Gasteiger charge is 2.12. The Balaban J connectivity index is 1.54. The minimum atomic E-state index is -0.629. The summed E-state index contributed by atoms with van der Waals surface area (Å²) in [6.45, 7) is 3.12. The number of para-hydroxylation sites is 1. The number of halogens is 1. The SMILES string of the molecule is Cc1cccc(C)c1NC(=O)COC(=O)COc1ccc(Cl)c2ccccc12. The molecule has 0 radical (unpaired) electrons. The van der Waals surface area contributed by atoms with Gasteiger partial charge in [0.15, 0.2) is 13.2 Å². The average Bonchev–Trinajstić information content (AvgIpc) is 2.69. The van der Waals surface area contributed by atoms with Crippen LogP contribution >= 0.6 is 11.6 Å². The maximum Gasteiger partial charge on any atom is 0.344 e. The van der Waals surface area contributed by atoms with E-state index in [4.69, 9.17) is 21.1 Å². The monoisotopic (exact) mass is 397 g/mol. The first-order valence-electron chi connectivity index (χ1n) is 8.77. The molecule has 1 amide bonds. The van der Waals surface area contributed by atoms with Crippen LogP contribution in [0.4, 0.5) is 5.69 Å². The van der Waals surface area contributed by atoms with Gasteiger partial charge in [-0.1, -0.05) is 54.1 Å². The largest absolute Gasteiger partial charge is 0.481 e. The summed E-state index contributed by atoms with van der Waals surface area (Å²) < 4.78 is 10.6. The maximum atomic E-state index is 12.1. The third-order valence-electron chi connectivity index (χ3n) is 4.29. The van der Waals surface area contributed by atoms with E-state index in [1.807, 2.05) is 56.3 Å². The van der Waals surface area contributed by atoms with Crippen molar-refractivity contribution >= 4 is 39.9 Å². The molecule has 0 heterocycles. The molecule has 28 heavy (non-hydrogen) atoms. The van der Waals surface area contributed by atoms with Crippen LogP contribution in [-0.2, 0) is 14.3 Å². The van der Waals surface area contributed by atoms with Crippen LogP contribution in [-0.4, -0.2) is 25.1 Å². The topological polar surface area (TPSA) is 64.6 Å². The van der Waals surface area contributed by atoms with Crippen molar-refractivity contribution < 1.29 is 19.1 Å². The fourth-order valence-corrected chi connectivity index (χ4v) is 3.10. The quantitative estimate of drug-likeness (QED) is 0.614. The minimum Gasteiger partial charge on any atom is -0.481 e. The smallest absolute Gasteiger partial charge is 0.344 e. The molecule has 0 atom stereocenters. The fourth-order valence-electron chi connectivity index (χ4n) is 2.87. The Kier molecular flexibility index (Phi) is 6.16. The number of carbonyl (C=O) groups excluding carboxylic acids is 2. The van der Waals surface area contributed by atoms with Crippen LogP contribution in [0, 0.1) is 13.8 Å². The number of nitrogens with one attached hydrogen (secondary N) is 1. The van der Waals surface area contributed by atoms with Gasteiger partial charge in [-0.05, 0) is 37.1 Å². The molecule has 3 aromatic rings. The summed E-state index contributed by atoms with van der Waals surface area (Å²) in [5.41, 5.74) is 2.61. The van der Waals surface area contributed by atoms with Crippen LogP contribution in [0.25, 0.3) is 10.8 Å². The number of benzene rings is 3. The number of fused-ring (bicyclic) bond motifs is 1. The van der Waals surface area contributed by atoms with E-state index in [1.165, 1.54) is 0 Å². The van der Waals surface area contributed by atoms with Crippen molar-refractivity contribution in [1.29, 1.82) is 0 Å². The van der Waals surface area contributed by atoms with Crippen molar-refractivity contribution in [1.82, 2.24) is 0 Å². The second-order valence-corrected chi connectivity index (χ2v) is 6.76. The zero-order valence-corrected chi connectivity index (χ0v) is 16.4. The molecule has 0 fully saturated rings. The number of esters is 1. The molecule has 0 aliphatic heterocycles. The number of aryl methyl sites for hydroxylation is 2. The van der Waals surface area contributed by atoms with E-state index in [0.29, 0.717) is 10.8 Å². The van der Waals surface area contributed by atoms with Gasteiger partial charge in [0.05, 0.1) is 0 Å². The van der Waals surface area contributed by atoms with E-state index >= 15 is 0 Å². The summed E-state index contributed by atoms with van der Waals surface area (Å²) in [5.74, 6) is -0.504. The van der Waals surface area contributed by atoms with Crippen LogP contribution in [0.15, 0.2) is 54.6 Å². The predicted octanol–water partition coefficient (Wildman–Crippen LogP) is 4.67. The molecule has 144 valence electrons. The van der Waals surface area contributed by atoms with E-state index in [0.717, 1.165) is 27.6 Å². The number of ether oxygens (including phenoxy) is 2. The average molecular weight is 398 g/mol. The van der Waals surface area contributed by atoms with Crippen molar-refractivity contribution in [2.24, 2.45) is 0 Å². The third kappa shape index (κ3) is 4.61. The van der Waals surface area contributed by atoms with Crippen LogP contribution in [0.1, 0.15) is 11.1 Å². The molecule has 0 aromatic heterocycles. The van der Waals surface area contributed by atoms with Crippen LogP contribution in [0.5, 0.6) is 5.75 Å². The first-order valence-corrected chi connectivity index (χ1v) is 9.15. The van der Waals surface area contributed by atoms with Gasteiger partial charge in [0.1, 0.15) is 5.75 Å². The van der Waals surface area contributed by atoms with Gasteiger partial charge in [-0.25, -0.2) is 4.79 Å². The second-order valence-electron chi connectivity index (χ2n) is 6.36. The standard InChI is InChI=1S/C22H20ClNO4/c1-14-6-5-7-15(2)22(14)24-20(25)12-28-21(26)13-27-19-11-10-18(23)16-8-3-4-9-17(16)19/h3-11H,12-13H2,1-2H3,(H,24,25). The molecule has 0 unspecified atom stereocenters. The Labute approximate surface area is 168 Å². The van der Waals surface area contributed by atoms with Gasteiger partial charge in [-0.3, -0.25) is 4.79 Å². The van der Waals surface area contributed by atoms with Gasteiger partial charge in [0.25, 0.3) is 5.91 Å². The first kappa shape index (κ1) is 19.7. The van der Waals surface area contributed by atoms with E-state index in [-0.39, 0.29) is 13.2 Å². The van der Waals surface area contributed by atoms with Gasteiger partial charge >= 0.3 is 5.97 Å². The molecule has 0 spiro atoms. The van der Waals surface area contributed by atoms with E-state index in [1.54, 1.807) is 12.1 Å². The molecule has 0 saturated carbocycles. The van der Waals surface area contributed by atoms with Crippen LogP contribution in [0.3, 0.4) is 0 Å². The van der Waals surface area contributed by atoms with Crippen LogP contribution < -0.4 is 10.1 Å². The van der Waals surface area contributed by atoms with Crippen molar-refractivity contribution in [3.8, 4) is 5.75 Å². The molecule has 3 rings (SSSR count). The number of rotatable bonds is 6. The summed E-state index contributed by atoms with van der Waals surface area (Å²) in [7, 11) is 0. The lowest BCUT2D eigenvalue weighted by molar-refractivity contribution is -0.149. The summed E-state index contributed by atoms with van der Waals surface area (Å²) in [4.78, 5) is 24.0. The Hall–Kier alpha value is -3.05. The molecule has 0 aliphatic carbocycles. The zero-order chi connectivity index (χ0) is 20.1. The lowest BCUT2D eigenvalue weighted by Gasteiger charge is -2.12. The minimum absolute atomic E-state index is 0.303. The van der Waals surface area contributed by atoms with Crippen molar-refractivity contribution in [3.05, 3.63) is 70.7 Å². The highest BCUT2D eigenvalue weighted by Crippen LogP contribution is 2.31. The van der Waals surface area contributed by atoms with E-state index < -0.39 is 11.9 Å². The molecule has 0 bridgehead atoms. The normalized spacial score (nSPS) is 10.5. The number of amides is 1. The lowest BCUT2D eigenvalue weighted by atomic mass is 10.1. The number of hydrogen-bond acceptors (Lipinski definition) is 4. The predicted molar refractivity (Wildman–Crippen MR) is 110 cm³/mol. The Bertz CT molecular complexity index is 1010. The zero-order valence-electron chi connectivity index (χ0n) is 15.6. The lowest BCUT2D eigenvalue weighted by Crippen LogP contribution is -2.24. The highest BCUT2D eigenvalue weighted by atomic mass is 35.5. The molecular formula is C22H20ClNO4. The van der Waals surface area contributed by atoms with Gasteiger partial charge < -0.3 is 14.8 Å². The van der Waals surface area contributed by atoms with E-state index in [9.17, 15) is 9.59 Å². The molecule has 0 aliphatic rings. The molecule has 6 heteroatoms. The summed E-state index contributed by atoms with van der Waals surface area (Å²) in [6.07, 6.45) is 0. The second kappa shape index (κ2) is 8.76. The van der Waals surface area contributed by atoms with E-state index in [2.05, 4.69) is 5.32 Å². The van der Waals surface area contributed by atoms with Gasteiger partial charge in [-0.2, -0.15) is 0 Å². The van der Waals surface area contributed by atoms with Gasteiger partial charge in [0, 0.05) is 21.5 Å². The number of hydrogen-bond donors (Lipinski definition) is 1. The maximum absolute atomic E-state index is 12.1.